The number of nitrogens with one attached hydrogen (secondary N) is 2. The Hall–Kier alpha value is -0.870. The maximum atomic E-state index is 11.5. The first kappa shape index (κ1) is 16.1. The van der Waals surface area contributed by atoms with E-state index < -0.39 is 0 Å². The number of rotatable bonds is 6. The van der Waals surface area contributed by atoms with Gasteiger partial charge in [0.15, 0.2) is 0 Å². The predicted octanol–water partition coefficient (Wildman–Crippen LogP) is 2.39. The third-order valence-electron chi connectivity index (χ3n) is 2.22. The molecule has 0 heterocycles. The molecule has 5 heteroatoms. The fourth-order valence-electron chi connectivity index (χ4n) is 1.14. The molecule has 17 heavy (non-hydrogen) atoms. The van der Waals surface area contributed by atoms with Gasteiger partial charge in [-0.05, 0) is 18.4 Å². The highest BCUT2D eigenvalue weighted by Gasteiger charge is 2.03. The van der Waals surface area contributed by atoms with Crippen molar-refractivity contribution >= 4 is 35.8 Å². The smallest absolute Gasteiger partial charge is 0.239 e. The van der Waals surface area contributed by atoms with Gasteiger partial charge in [-0.25, -0.2) is 0 Å². The van der Waals surface area contributed by atoms with Crippen LogP contribution in [-0.4, -0.2) is 30.5 Å². The minimum Gasteiger partial charge on any atom is -0.376 e. The predicted molar refractivity (Wildman–Crippen MR) is 78.2 cm³/mol. The maximum Gasteiger partial charge on any atom is 0.239 e. The van der Waals surface area contributed by atoms with Gasteiger partial charge in [-0.15, -0.1) is 12.4 Å². The van der Waals surface area contributed by atoms with E-state index in [1.165, 1.54) is 0 Å². The number of hydrogen-bond donors (Lipinski definition) is 2. The summed E-state index contributed by atoms with van der Waals surface area (Å²) in [6, 6.07) is 9.72. The van der Waals surface area contributed by atoms with Crippen molar-refractivity contribution in [2.75, 3.05) is 24.7 Å². The van der Waals surface area contributed by atoms with Gasteiger partial charge in [0.2, 0.25) is 5.91 Å². The Labute approximate surface area is 113 Å². The Morgan fingerprint density at radius 1 is 1.35 bits per heavy atom. The lowest BCUT2D eigenvalue weighted by molar-refractivity contribution is -0.119. The van der Waals surface area contributed by atoms with Crippen LogP contribution in [0.2, 0.25) is 0 Å². The lowest BCUT2D eigenvalue weighted by Crippen LogP contribution is -2.33. The lowest BCUT2D eigenvalue weighted by Gasteiger charge is -2.10. The van der Waals surface area contributed by atoms with Crippen LogP contribution in [0.25, 0.3) is 0 Å². The van der Waals surface area contributed by atoms with Crippen LogP contribution < -0.4 is 10.6 Å². The monoisotopic (exact) mass is 274 g/mol. The molecule has 0 saturated heterocycles. The second-order valence-electron chi connectivity index (χ2n) is 3.57. The topological polar surface area (TPSA) is 41.1 Å². The van der Waals surface area contributed by atoms with Crippen LogP contribution in [0.5, 0.6) is 0 Å². The molecule has 0 spiro atoms. The van der Waals surface area contributed by atoms with Crippen LogP contribution in [-0.2, 0) is 4.79 Å². The summed E-state index contributed by atoms with van der Waals surface area (Å²) in [5.74, 6) is 0.0322. The summed E-state index contributed by atoms with van der Waals surface area (Å²) in [5, 5.41) is 6.41. The van der Waals surface area contributed by atoms with Gasteiger partial charge in [-0.2, -0.15) is 11.8 Å². The molecule has 0 radical (unpaired) electrons. The first-order chi connectivity index (χ1) is 7.72. The molecule has 0 bridgehead atoms. The van der Waals surface area contributed by atoms with Crippen molar-refractivity contribution in [1.82, 2.24) is 5.32 Å². The molecule has 1 atom stereocenters. The minimum atomic E-state index is 0. The van der Waals surface area contributed by atoms with Crippen LogP contribution >= 0.6 is 24.2 Å². The normalized spacial score (nSPS) is 11.2. The van der Waals surface area contributed by atoms with E-state index in [-0.39, 0.29) is 18.3 Å². The van der Waals surface area contributed by atoms with Crippen LogP contribution in [0, 0.1) is 0 Å². The van der Waals surface area contributed by atoms with Crippen molar-refractivity contribution in [1.29, 1.82) is 0 Å². The third kappa shape index (κ3) is 7.13. The summed E-state index contributed by atoms with van der Waals surface area (Å²) in [6.45, 7) is 3.14. The molecule has 96 valence electrons. The van der Waals surface area contributed by atoms with E-state index in [0.717, 1.165) is 12.2 Å². The van der Waals surface area contributed by atoms with Crippen molar-refractivity contribution < 1.29 is 4.79 Å². The molecule has 1 aromatic carbocycles. The zero-order valence-corrected chi connectivity index (χ0v) is 11.7. The van der Waals surface area contributed by atoms with Gasteiger partial charge in [-0.1, -0.05) is 25.1 Å². The molecule has 2 N–H and O–H groups in total. The third-order valence-corrected chi connectivity index (χ3v) is 3.19. The molecule has 1 aromatic rings. The maximum absolute atomic E-state index is 11.5. The number of para-hydroxylation sites is 1. The molecule has 0 saturated carbocycles. The van der Waals surface area contributed by atoms with Crippen molar-refractivity contribution in [2.24, 2.45) is 0 Å². The van der Waals surface area contributed by atoms with Gasteiger partial charge in [0.05, 0.1) is 6.54 Å². The molecule has 0 aromatic heterocycles. The quantitative estimate of drug-likeness (QED) is 0.837. The van der Waals surface area contributed by atoms with Crippen LogP contribution in [0.3, 0.4) is 0 Å². The summed E-state index contributed by atoms with van der Waals surface area (Å²) in [7, 11) is 0. The second kappa shape index (κ2) is 9.19. The van der Waals surface area contributed by atoms with Crippen LogP contribution in [0.4, 0.5) is 5.69 Å². The molecule has 0 aliphatic rings. The highest BCUT2D eigenvalue weighted by molar-refractivity contribution is 7.99. The zero-order valence-electron chi connectivity index (χ0n) is 10.1. The molecule has 0 fully saturated rings. The van der Waals surface area contributed by atoms with E-state index in [1.54, 1.807) is 11.8 Å². The van der Waals surface area contributed by atoms with E-state index in [1.807, 2.05) is 36.6 Å². The van der Waals surface area contributed by atoms with Gasteiger partial charge in [-0.3, -0.25) is 4.79 Å². The highest BCUT2D eigenvalue weighted by atomic mass is 35.5. The fraction of sp³-hybridized carbons (Fsp3) is 0.417. The number of benzene rings is 1. The average Bonchev–Trinajstić information content (AvgIpc) is 2.34. The Kier molecular flexibility index (Phi) is 8.72. The molecule has 3 nitrogen and oxygen atoms in total. The Bertz CT molecular complexity index is 322. The number of amides is 1. The zero-order chi connectivity index (χ0) is 11.8. The number of hydrogen-bond acceptors (Lipinski definition) is 3. The van der Waals surface area contributed by atoms with E-state index in [4.69, 9.17) is 0 Å². The highest BCUT2D eigenvalue weighted by Crippen LogP contribution is 2.04. The summed E-state index contributed by atoms with van der Waals surface area (Å²) in [5.41, 5.74) is 0.968. The molecule has 1 rings (SSSR count). The van der Waals surface area contributed by atoms with Crippen molar-refractivity contribution in [2.45, 2.75) is 12.2 Å². The molecule has 0 aliphatic heterocycles. The summed E-state index contributed by atoms with van der Waals surface area (Å²) >= 11 is 1.75. The molecule has 1 unspecified atom stereocenters. The molecular formula is C12H19ClN2OS. The van der Waals surface area contributed by atoms with E-state index in [2.05, 4.69) is 17.6 Å². The number of carbonyl (C=O) groups is 1. The van der Waals surface area contributed by atoms with Crippen molar-refractivity contribution in [3.63, 3.8) is 0 Å². The fourth-order valence-corrected chi connectivity index (χ4v) is 1.39. The molecule has 1 amide bonds. The largest absolute Gasteiger partial charge is 0.376 e. The number of thioether (sulfide) groups is 1. The van der Waals surface area contributed by atoms with E-state index >= 15 is 0 Å². The number of anilines is 1. The molecule has 0 aliphatic carbocycles. The van der Waals surface area contributed by atoms with Crippen molar-refractivity contribution in [3.05, 3.63) is 30.3 Å². The lowest BCUT2D eigenvalue weighted by atomic mass is 10.3. The Morgan fingerprint density at radius 2 is 2.00 bits per heavy atom. The van der Waals surface area contributed by atoms with Crippen LogP contribution in [0.15, 0.2) is 30.3 Å². The average molecular weight is 275 g/mol. The minimum absolute atomic E-state index is 0. The Balaban J connectivity index is 0.00000256. The second-order valence-corrected chi connectivity index (χ2v) is 4.85. The van der Waals surface area contributed by atoms with Gasteiger partial charge < -0.3 is 10.6 Å². The Morgan fingerprint density at radius 3 is 2.59 bits per heavy atom. The molecular weight excluding hydrogens is 256 g/mol. The van der Waals surface area contributed by atoms with Gasteiger partial charge in [0.1, 0.15) is 0 Å². The SMILES string of the molecule is CSC(C)CNC(=O)CNc1ccccc1.Cl. The van der Waals surface area contributed by atoms with Crippen LogP contribution in [0.1, 0.15) is 6.92 Å². The van der Waals surface area contributed by atoms with Gasteiger partial charge in [0.25, 0.3) is 0 Å². The number of halogens is 1. The summed E-state index contributed by atoms with van der Waals surface area (Å²) in [4.78, 5) is 11.5. The summed E-state index contributed by atoms with van der Waals surface area (Å²) in [6.07, 6.45) is 2.04. The number of carbonyl (C=O) groups excluding carboxylic acids is 1. The first-order valence-corrected chi connectivity index (χ1v) is 6.59. The van der Waals surface area contributed by atoms with E-state index in [9.17, 15) is 4.79 Å². The van der Waals surface area contributed by atoms with Crippen molar-refractivity contribution in [3.8, 4) is 0 Å². The summed E-state index contributed by atoms with van der Waals surface area (Å²) < 4.78 is 0. The standard InChI is InChI=1S/C12H18N2OS.ClH/c1-10(16-2)8-14-12(15)9-13-11-6-4-3-5-7-11;/h3-7,10,13H,8-9H2,1-2H3,(H,14,15);1H. The van der Waals surface area contributed by atoms with Gasteiger partial charge in [0, 0.05) is 17.5 Å². The first-order valence-electron chi connectivity index (χ1n) is 5.31. The van der Waals surface area contributed by atoms with E-state index in [0.29, 0.717) is 11.8 Å². The van der Waals surface area contributed by atoms with Gasteiger partial charge >= 0.3 is 0 Å².